The SMILES string of the molecule is CCNC(=NCc1ccc(-n2ccnc2C)nc1)NC1CCN(c2ncccc2F)C1. The van der Waals surface area contributed by atoms with Crippen LogP contribution in [0.1, 0.15) is 24.7 Å². The quantitative estimate of drug-likeness (QED) is 0.469. The highest BCUT2D eigenvalue weighted by molar-refractivity contribution is 5.80. The van der Waals surface area contributed by atoms with Crippen molar-refractivity contribution >= 4 is 11.8 Å². The minimum absolute atomic E-state index is 0.170. The van der Waals surface area contributed by atoms with E-state index < -0.39 is 0 Å². The molecule has 0 radical (unpaired) electrons. The van der Waals surface area contributed by atoms with Crippen molar-refractivity contribution in [2.45, 2.75) is 32.9 Å². The summed E-state index contributed by atoms with van der Waals surface area (Å²) >= 11 is 0. The van der Waals surface area contributed by atoms with Gasteiger partial charge in [0.15, 0.2) is 17.6 Å². The standard InChI is InChI=1S/C22H27FN8/c1-3-24-22(29-18-8-11-30(15-18)21-19(23)5-4-9-26-21)28-14-17-6-7-20(27-13-17)31-12-10-25-16(31)2/h4-7,9-10,12-13,18H,3,8,11,14-15H2,1-2H3,(H2,24,28,29). The Balaban J connectivity index is 1.37. The number of rotatable bonds is 6. The van der Waals surface area contributed by atoms with E-state index in [1.54, 1.807) is 18.5 Å². The Labute approximate surface area is 181 Å². The Morgan fingerprint density at radius 3 is 2.84 bits per heavy atom. The lowest BCUT2D eigenvalue weighted by Gasteiger charge is -2.20. The van der Waals surface area contributed by atoms with Crippen LogP contribution in [-0.2, 0) is 6.54 Å². The number of halogens is 1. The molecule has 0 aliphatic carbocycles. The first kappa shape index (κ1) is 20.8. The number of anilines is 1. The van der Waals surface area contributed by atoms with E-state index in [1.807, 2.05) is 47.8 Å². The zero-order chi connectivity index (χ0) is 21.6. The van der Waals surface area contributed by atoms with Crippen molar-refractivity contribution in [2.75, 3.05) is 24.5 Å². The molecule has 9 heteroatoms. The van der Waals surface area contributed by atoms with E-state index in [1.165, 1.54) is 6.07 Å². The lowest BCUT2D eigenvalue weighted by molar-refractivity contribution is 0.612. The summed E-state index contributed by atoms with van der Waals surface area (Å²) in [6.45, 7) is 6.68. The van der Waals surface area contributed by atoms with Gasteiger partial charge in [0.05, 0.1) is 6.54 Å². The average Bonchev–Trinajstić information content (AvgIpc) is 3.42. The van der Waals surface area contributed by atoms with Crippen molar-refractivity contribution in [1.82, 2.24) is 30.2 Å². The minimum Gasteiger partial charge on any atom is -0.357 e. The smallest absolute Gasteiger partial charge is 0.191 e. The molecule has 0 spiro atoms. The number of hydrogen-bond acceptors (Lipinski definition) is 5. The van der Waals surface area contributed by atoms with Gasteiger partial charge in [-0.3, -0.25) is 4.57 Å². The summed E-state index contributed by atoms with van der Waals surface area (Å²) in [5.74, 6) is 2.60. The minimum atomic E-state index is -0.287. The monoisotopic (exact) mass is 422 g/mol. The topological polar surface area (TPSA) is 83.3 Å². The fourth-order valence-electron chi connectivity index (χ4n) is 3.64. The van der Waals surface area contributed by atoms with Crippen LogP contribution in [0.25, 0.3) is 5.82 Å². The number of aryl methyl sites for hydroxylation is 1. The molecule has 3 aromatic heterocycles. The van der Waals surface area contributed by atoms with Gasteiger partial charge in [-0.15, -0.1) is 0 Å². The summed E-state index contributed by atoms with van der Waals surface area (Å²) in [7, 11) is 0. The molecule has 1 aliphatic heterocycles. The van der Waals surface area contributed by atoms with Crippen molar-refractivity contribution < 1.29 is 4.39 Å². The van der Waals surface area contributed by atoms with E-state index in [-0.39, 0.29) is 11.9 Å². The lowest BCUT2D eigenvalue weighted by atomic mass is 10.2. The molecule has 0 amide bonds. The molecular formula is C22H27FN8. The van der Waals surface area contributed by atoms with Crippen LogP contribution in [0.15, 0.2) is 54.0 Å². The zero-order valence-electron chi connectivity index (χ0n) is 17.8. The van der Waals surface area contributed by atoms with Gasteiger partial charge in [-0.25, -0.2) is 24.3 Å². The number of nitrogens with zero attached hydrogens (tertiary/aromatic N) is 6. The molecule has 8 nitrogen and oxygen atoms in total. The molecule has 1 atom stereocenters. The molecular weight excluding hydrogens is 395 g/mol. The van der Waals surface area contributed by atoms with Gasteiger partial charge in [0.2, 0.25) is 0 Å². The van der Waals surface area contributed by atoms with Gasteiger partial charge in [-0.1, -0.05) is 6.07 Å². The highest BCUT2D eigenvalue weighted by Gasteiger charge is 2.25. The highest BCUT2D eigenvalue weighted by atomic mass is 19.1. The van der Waals surface area contributed by atoms with Gasteiger partial charge in [-0.05, 0) is 44.0 Å². The van der Waals surface area contributed by atoms with Crippen LogP contribution >= 0.6 is 0 Å². The molecule has 0 saturated carbocycles. The maximum atomic E-state index is 14.0. The zero-order valence-corrected chi connectivity index (χ0v) is 17.8. The predicted octanol–water partition coefficient (Wildman–Crippen LogP) is 2.44. The second-order valence-electron chi connectivity index (χ2n) is 7.45. The fraction of sp³-hybridized carbons (Fsp3) is 0.364. The Morgan fingerprint density at radius 1 is 1.23 bits per heavy atom. The molecule has 1 unspecified atom stereocenters. The van der Waals surface area contributed by atoms with Gasteiger partial charge in [0.1, 0.15) is 11.6 Å². The number of imidazole rings is 1. The first-order chi connectivity index (χ1) is 15.1. The van der Waals surface area contributed by atoms with E-state index in [9.17, 15) is 4.39 Å². The molecule has 31 heavy (non-hydrogen) atoms. The van der Waals surface area contributed by atoms with Crippen LogP contribution in [0, 0.1) is 12.7 Å². The lowest BCUT2D eigenvalue weighted by Crippen LogP contribution is -2.44. The molecule has 4 rings (SSSR count). The third kappa shape index (κ3) is 4.99. The predicted molar refractivity (Wildman–Crippen MR) is 119 cm³/mol. The summed E-state index contributed by atoms with van der Waals surface area (Å²) in [5, 5.41) is 6.75. The summed E-state index contributed by atoms with van der Waals surface area (Å²) < 4.78 is 16.0. The fourth-order valence-corrected chi connectivity index (χ4v) is 3.64. The maximum Gasteiger partial charge on any atom is 0.191 e. The Bertz CT molecular complexity index is 1030. The van der Waals surface area contributed by atoms with Crippen molar-refractivity contribution in [1.29, 1.82) is 0 Å². The van der Waals surface area contributed by atoms with Crippen LogP contribution in [0.4, 0.5) is 10.2 Å². The van der Waals surface area contributed by atoms with Crippen molar-refractivity contribution in [2.24, 2.45) is 4.99 Å². The Morgan fingerprint density at radius 2 is 2.13 bits per heavy atom. The van der Waals surface area contributed by atoms with E-state index in [0.717, 1.165) is 42.7 Å². The summed E-state index contributed by atoms with van der Waals surface area (Å²) in [6, 6.07) is 7.22. The normalized spacial score (nSPS) is 16.5. The van der Waals surface area contributed by atoms with Crippen LogP contribution in [0.2, 0.25) is 0 Å². The van der Waals surface area contributed by atoms with Crippen LogP contribution < -0.4 is 15.5 Å². The average molecular weight is 423 g/mol. The van der Waals surface area contributed by atoms with E-state index in [2.05, 4.69) is 25.6 Å². The van der Waals surface area contributed by atoms with E-state index in [4.69, 9.17) is 4.99 Å². The Hall–Kier alpha value is -3.49. The first-order valence-corrected chi connectivity index (χ1v) is 10.5. The summed E-state index contributed by atoms with van der Waals surface area (Å²) in [6.07, 6.45) is 8.00. The number of aliphatic imine (C=N–C) groups is 1. The van der Waals surface area contributed by atoms with Gasteiger partial charge in [-0.2, -0.15) is 0 Å². The molecule has 4 heterocycles. The van der Waals surface area contributed by atoms with Gasteiger partial charge < -0.3 is 15.5 Å². The number of hydrogen-bond donors (Lipinski definition) is 2. The van der Waals surface area contributed by atoms with Crippen molar-refractivity contribution in [3.63, 3.8) is 0 Å². The van der Waals surface area contributed by atoms with Crippen LogP contribution in [-0.4, -0.2) is 51.2 Å². The highest BCUT2D eigenvalue weighted by Crippen LogP contribution is 2.20. The third-order valence-corrected chi connectivity index (χ3v) is 5.21. The second kappa shape index (κ2) is 9.55. The second-order valence-corrected chi connectivity index (χ2v) is 7.45. The molecule has 162 valence electrons. The molecule has 1 aliphatic rings. The van der Waals surface area contributed by atoms with E-state index in [0.29, 0.717) is 18.9 Å². The summed E-state index contributed by atoms with van der Waals surface area (Å²) in [5.41, 5.74) is 1.02. The molecule has 0 bridgehead atoms. The molecule has 2 N–H and O–H groups in total. The molecule has 1 saturated heterocycles. The van der Waals surface area contributed by atoms with Gasteiger partial charge >= 0.3 is 0 Å². The number of guanidine groups is 1. The maximum absolute atomic E-state index is 14.0. The molecule has 0 aromatic carbocycles. The first-order valence-electron chi connectivity index (χ1n) is 10.5. The molecule has 1 fully saturated rings. The summed E-state index contributed by atoms with van der Waals surface area (Å²) in [4.78, 5) is 19.6. The number of aromatic nitrogens is 4. The largest absolute Gasteiger partial charge is 0.357 e. The van der Waals surface area contributed by atoms with Crippen molar-refractivity contribution in [3.05, 3.63) is 66.3 Å². The van der Waals surface area contributed by atoms with E-state index >= 15 is 0 Å². The van der Waals surface area contributed by atoms with Gasteiger partial charge in [0, 0.05) is 50.5 Å². The van der Waals surface area contributed by atoms with Crippen LogP contribution in [0.5, 0.6) is 0 Å². The molecule has 3 aromatic rings. The van der Waals surface area contributed by atoms with Gasteiger partial charge in [0.25, 0.3) is 0 Å². The third-order valence-electron chi connectivity index (χ3n) is 5.21. The van der Waals surface area contributed by atoms with Crippen molar-refractivity contribution in [3.8, 4) is 5.82 Å². The number of pyridine rings is 2. The number of nitrogens with one attached hydrogen (secondary N) is 2. The Kier molecular flexibility index (Phi) is 6.40. The van der Waals surface area contributed by atoms with Crippen LogP contribution in [0.3, 0.4) is 0 Å².